The first-order valence-electron chi connectivity index (χ1n) is 5.63. The molecule has 0 bridgehead atoms. The van der Waals surface area contributed by atoms with Gasteiger partial charge in [0.25, 0.3) is 0 Å². The number of hydrogen-bond acceptors (Lipinski definition) is 4. The fraction of sp³-hybridized carbons (Fsp3) is 0.308. The van der Waals surface area contributed by atoms with Gasteiger partial charge >= 0.3 is 0 Å². The number of piperazine rings is 1. The number of hydrogen-bond donors (Lipinski definition) is 1. The zero-order valence-electron chi connectivity index (χ0n) is 10.1. The zero-order chi connectivity index (χ0) is 13.1. The summed E-state index contributed by atoms with van der Waals surface area (Å²) in [6.45, 7) is 2.91. The second-order valence-corrected chi connectivity index (χ2v) is 4.37. The first-order chi connectivity index (χ1) is 8.58. The predicted octanol–water partition coefficient (Wildman–Crippen LogP) is 0.325. The quantitative estimate of drug-likeness (QED) is 0.759. The van der Waals surface area contributed by atoms with Gasteiger partial charge in [0.15, 0.2) is 0 Å². The van der Waals surface area contributed by atoms with E-state index in [-0.39, 0.29) is 24.9 Å². The van der Waals surface area contributed by atoms with Gasteiger partial charge in [-0.15, -0.1) is 0 Å². The summed E-state index contributed by atoms with van der Waals surface area (Å²) in [6, 6.07) is 7.50. The van der Waals surface area contributed by atoms with Gasteiger partial charge in [-0.25, -0.2) is 0 Å². The Morgan fingerprint density at radius 2 is 2.00 bits per heavy atom. The van der Waals surface area contributed by atoms with Gasteiger partial charge < -0.3 is 0 Å². The molecule has 0 spiro atoms. The van der Waals surface area contributed by atoms with Crippen molar-refractivity contribution < 1.29 is 9.59 Å². The molecule has 2 rings (SSSR count). The summed E-state index contributed by atoms with van der Waals surface area (Å²) in [7, 11) is 0. The van der Waals surface area contributed by atoms with E-state index in [1.807, 2.05) is 13.0 Å². The monoisotopic (exact) mass is 243 g/mol. The van der Waals surface area contributed by atoms with Gasteiger partial charge in [0.05, 0.1) is 24.7 Å². The second kappa shape index (κ2) is 4.98. The van der Waals surface area contributed by atoms with E-state index >= 15 is 0 Å². The Bertz CT molecular complexity index is 530. The number of nitrogens with one attached hydrogen (secondary N) is 1. The van der Waals surface area contributed by atoms with E-state index < -0.39 is 0 Å². The minimum atomic E-state index is -0.266. The number of benzene rings is 1. The lowest BCUT2D eigenvalue weighted by Gasteiger charge is -2.25. The normalized spacial score (nSPS) is 16.2. The Hall–Kier alpha value is -2.19. The average molecular weight is 243 g/mol. The summed E-state index contributed by atoms with van der Waals surface area (Å²) in [4.78, 5) is 24.3. The van der Waals surface area contributed by atoms with Crippen LogP contribution >= 0.6 is 0 Å². The van der Waals surface area contributed by atoms with Crippen LogP contribution in [0.5, 0.6) is 0 Å². The molecule has 1 N–H and O–H groups in total. The van der Waals surface area contributed by atoms with Crippen LogP contribution in [0.1, 0.15) is 16.7 Å². The van der Waals surface area contributed by atoms with Gasteiger partial charge in [0.1, 0.15) is 0 Å². The minimum absolute atomic E-state index is 0.227. The summed E-state index contributed by atoms with van der Waals surface area (Å²) in [5, 5.41) is 11.1. The summed E-state index contributed by atoms with van der Waals surface area (Å²) >= 11 is 0. The van der Waals surface area contributed by atoms with E-state index in [2.05, 4.69) is 11.4 Å². The highest BCUT2D eigenvalue weighted by Crippen LogP contribution is 2.13. The number of imide groups is 1. The first kappa shape index (κ1) is 12.3. The lowest BCUT2D eigenvalue weighted by atomic mass is 10.0. The summed E-state index contributed by atoms with van der Waals surface area (Å²) < 4.78 is 0. The predicted molar refractivity (Wildman–Crippen MR) is 64.3 cm³/mol. The largest absolute Gasteiger partial charge is 0.294 e. The minimum Gasteiger partial charge on any atom is -0.294 e. The highest BCUT2D eigenvalue weighted by Gasteiger charge is 2.22. The van der Waals surface area contributed by atoms with E-state index in [0.29, 0.717) is 12.1 Å². The highest BCUT2D eigenvalue weighted by molar-refractivity contribution is 5.99. The molecule has 5 heteroatoms. The van der Waals surface area contributed by atoms with Crippen LogP contribution in [0.4, 0.5) is 0 Å². The fourth-order valence-corrected chi connectivity index (χ4v) is 1.99. The Balaban J connectivity index is 2.12. The first-order valence-corrected chi connectivity index (χ1v) is 5.63. The summed E-state index contributed by atoms with van der Waals surface area (Å²) in [5.41, 5.74) is 2.63. The number of carbonyl (C=O) groups excluding carboxylic acids is 2. The standard InChI is InChI=1S/C13H13N3O2/c1-9-4-10(5-14)2-3-11(9)6-16-7-12(17)15-13(18)8-16/h2-4H,6-8H2,1H3,(H,15,17,18). The molecule has 0 aromatic heterocycles. The lowest BCUT2D eigenvalue weighted by molar-refractivity contribution is -0.136. The number of nitriles is 1. The SMILES string of the molecule is Cc1cc(C#N)ccc1CN1CC(=O)NC(=O)C1. The Morgan fingerprint density at radius 3 is 2.56 bits per heavy atom. The third-order valence-electron chi connectivity index (χ3n) is 2.88. The molecule has 0 atom stereocenters. The van der Waals surface area contributed by atoms with Crippen molar-refractivity contribution in [3.8, 4) is 6.07 Å². The smallest absolute Gasteiger partial charge is 0.240 e. The van der Waals surface area contributed by atoms with Crippen LogP contribution in [0, 0.1) is 18.3 Å². The summed E-state index contributed by atoms with van der Waals surface area (Å²) in [5.74, 6) is -0.532. The van der Waals surface area contributed by atoms with E-state index in [4.69, 9.17) is 5.26 Å². The third-order valence-corrected chi connectivity index (χ3v) is 2.88. The number of rotatable bonds is 2. The molecule has 1 heterocycles. The molecule has 18 heavy (non-hydrogen) atoms. The summed E-state index contributed by atoms with van der Waals surface area (Å²) in [6.07, 6.45) is 0. The van der Waals surface area contributed by atoms with Crippen molar-refractivity contribution in [1.82, 2.24) is 10.2 Å². The second-order valence-electron chi connectivity index (χ2n) is 4.37. The van der Waals surface area contributed by atoms with Gasteiger partial charge in [-0.1, -0.05) is 6.07 Å². The molecule has 1 fully saturated rings. The van der Waals surface area contributed by atoms with E-state index in [1.54, 1.807) is 17.0 Å². The van der Waals surface area contributed by atoms with Crippen molar-refractivity contribution in [1.29, 1.82) is 5.26 Å². The van der Waals surface area contributed by atoms with Gasteiger partial charge in [0, 0.05) is 6.54 Å². The molecule has 0 aliphatic carbocycles. The Labute approximate surface area is 105 Å². The molecule has 92 valence electrons. The molecule has 0 radical (unpaired) electrons. The van der Waals surface area contributed by atoms with Gasteiger partial charge in [-0.2, -0.15) is 5.26 Å². The van der Waals surface area contributed by atoms with Gasteiger partial charge in [-0.3, -0.25) is 19.8 Å². The number of nitrogens with zero attached hydrogens (tertiary/aromatic N) is 2. The molecule has 1 saturated heterocycles. The lowest BCUT2D eigenvalue weighted by Crippen LogP contribution is -2.50. The van der Waals surface area contributed by atoms with Gasteiger partial charge in [0.2, 0.25) is 11.8 Å². The molecule has 0 unspecified atom stereocenters. The van der Waals surface area contributed by atoms with Crippen LogP contribution < -0.4 is 5.32 Å². The van der Waals surface area contributed by atoms with E-state index in [1.165, 1.54) is 0 Å². The van der Waals surface area contributed by atoms with Crippen LogP contribution in [0.2, 0.25) is 0 Å². The molecule has 1 aliphatic rings. The van der Waals surface area contributed by atoms with E-state index in [9.17, 15) is 9.59 Å². The number of aryl methyl sites for hydroxylation is 1. The van der Waals surface area contributed by atoms with Crippen LogP contribution in [0.25, 0.3) is 0 Å². The zero-order valence-corrected chi connectivity index (χ0v) is 10.1. The van der Waals surface area contributed by atoms with Crippen molar-refractivity contribution in [3.63, 3.8) is 0 Å². The van der Waals surface area contributed by atoms with Crippen LogP contribution in [-0.2, 0) is 16.1 Å². The van der Waals surface area contributed by atoms with Crippen molar-refractivity contribution >= 4 is 11.8 Å². The Kier molecular flexibility index (Phi) is 3.40. The molecule has 5 nitrogen and oxygen atoms in total. The fourth-order valence-electron chi connectivity index (χ4n) is 1.99. The topological polar surface area (TPSA) is 73.2 Å². The van der Waals surface area contributed by atoms with Crippen molar-refractivity contribution in [3.05, 3.63) is 34.9 Å². The van der Waals surface area contributed by atoms with Crippen LogP contribution in [-0.4, -0.2) is 29.8 Å². The number of carbonyl (C=O) groups is 2. The average Bonchev–Trinajstić information content (AvgIpc) is 2.30. The molecule has 0 saturated carbocycles. The van der Waals surface area contributed by atoms with Crippen LogP contribution in [0.3, 0.4) is 0 Å². The van der Waals surface area contributed by atoms with Crippen molar-refractivity contribution in [2.75, 3.05) is 13.1 Å². The molecular formula is C13H13N3O2. The van der Waals surface area contributed by atoms with Gasteiger partial charge in [-0.05, 0) is 30.2 Å². The maximum Gasteiger partial charge on any atom is 0.240 e. The maximum atomic E-state index is 11.2. The van der Waals surface area contributed by atoms with Crippen molar-refractivity contribution in [2.24, 2.45) is 0 Å². The number of amides is 2. The molecule has 2 amide bonds. The van der Waals surface area contributed by atoms with Crippen molar-refractivity contribution in [2.45, 2.75) is 13.5 Å². The molecular weight excluding hydrogens is 230 g/mol. The molecule has 1 aromatic carbocycles. The molecule has 1 aromatic rings. The third kappa shape index (κ3) is 2.73. The van der Waals surface area contributed by atoms with Crippen LogP contribution in [0.15, 0.2) is 18.2 Å². The maximum absolute atomic E-state index is 11.2. The Morgan fingerprint density at radius 1 is 1.33 bits per heavy atom. The van der Waals surface area contributed by atoms with E-state index in [0.717, 1.165) is 11.1 Å². The molecule has 1 aliphatic heterocycles. The highest BCUT2D eigenvalue weighted by atomic mass is 16.2.